The number of carbonyl (C=O) groups excluding carboxylic acids is 1. The van der Waals surface area contributed by atoms with Crippen molar-refractivity contribution in [2.24, 2.45) is 0 Å². The van der Waals surface area contributed by atoms with Crippen LogP contribution in [0.15, 0.2) is 52.9 Å². The van der Waals surface area contributed by atoms with Crippen molar-refractivity contribution in [1.29, 1.82) is 0 Å². The number of hydrogen-bond donors (Lipinski definition) is 2. The van der Waals surface area contributed by atoms with Gasteiger partial charge in [0, 0.05) is 5.69 Å². The Morgan fingerprint density at radius 2 is 1.77 bits per heavy atom. The van der Waals surface area contributed by atoms with Crippen molar-refractivity contribution in [3.8, 4) is 0 Å². The van der Waals surface area contributed by atoms with Gasteiger partial charge in [-0.3, -0.25) is 4.79 Å². The standard InChI is InChI=1S/C17H14F2N4OS2/c1-10(15(24)21-14-12(18)8-5-9-13(14)19)25-17-23-22-16(26-17)20-11-6-3-2-4-7-11/h2-10H,1H3,(H,20,22)(H,21,24). The molecule has 0 radical (unpaired) electrons. The van der Waals surface area contributed by atoms with Crippen LogP contribution in [-0.4, -0.2) is 21.4 Å². The van der Waals surface area contributed by atoms with Crippen LogP contribution < -0.4 is 10.6 Å². The van der Waals surface area contributed by atoms with E-state index in [1.54, 1.807) is 6.92 Å². The summed E-state index contributed by atoms with van der Waals surface area (Å²) in [5.41, 5.74) is 0.426. The van der Waals surface area contributed by atoms with Gasteiger partial charge in [-0.15, -0.1) is 10.2 Å². The van der Waals surface area contributed by atoms with Crippen LogP contribution in [0.2, 0.25) is 0 Å². The van der Waals surface area contributed by atoms with Crippen LogP contribution in [0.4, 0.5) is 25.3 Å². The first kappa shape index (κ1) is 18.3. The molecule has 0 bridgehead atoms. The zero-order valence-electron chi connectivity index (χ0n) is 13.6. The van der Waals surface area contributed by atoms with Gasteiger partial charge in [0.05, 0.1) is 5.25 Å². The lowest BCUT2D eigenvalue weighted by Gasteiger charge is -2.11. The van der Waals surface area contributed by atoms with E-state index in [-0.39, 0.29) is 0 Å². The molecule has 1 aromatic heterocycles. The molecule has 0 aliphatic heterocycles. The number of halogens is 2. The molecular formula is C17H14F2N4OS2. The van der Waals surface area contributed by atoms with E-state index >= 15 is 0 Å². The molecule has 2 aromatic carbocycles. The summed E-state index contributed by atoms with van der Waals surface area (Å²) in [7, 11) is 0. The predicted molar refractivity (Wildman–Crippen MR) is 99.9 cm³/mol. The molecule has 0 saturated heterocycles. The molecule has 0 aliphatic rings. The zero-order chi connectivity index (χ0) is 18.5. The number of rotatable bonds is 6. The molecule has 0 fully saturated rings. The highest BCUT2D eigenvalue weighted by Gasteiger charge is 2.20. The summed E-state index contributed by atoms with van der Waals surface area (Å²) in [6, 6.07) is 12.9. The minimum atomic E-state index is -0.819. The number of thioether (sulfide) groups is 1. The Labute approximate surface area is 156 Å². The summed E-state index contributed by atoms with van der Waals surface area (Å²) in [6.07, 6.45) is 0. The van der Waals surface area contributed by atoms with E-state index in [1.807, 2.05) is 30.3 Å². The van der Waals surface area contributed by atoms with Crippen LogP contribution in [0.25, 0.3) is 0 Å². The first-order chi connectivity index (χ1) is 12.5. The van der Waals surface area contributed by atoms with Gasteiger partial charge in [0.1, 0.15) is 17.3 Å². The average Bonchev–Trinajstić information content (AvgIpc) is 3.05. The molecule has 1 unspecified atom stereocenters. The molecule has 3 rings (SSSR count). The minimum absolute atomic E-state index is 0.450. The first-order valence-electron chi connectivity index (χ1n) is 7.60. The molecule has 3 aromatic rings. The van der Waals surface area contributed by atoms with Crippen molar-refractivity contribution in [3.05, 3.63) is 60.2 Å². The molecule has 2 N–H and O–H groups in total. The molecule has 1 atom stereocenters. The van der Waals surface area contributed by atoms with Crippen LogP contribution in [0.1, 0.15) is 6.92 Å². The first-order valence-corrected chi connectivity index (χ1v) is 9.29. The number of aromatic nitrogens is 2. The second-order valence-corrected chi connectivity index (χ2v) is 7.78. The second-order valence-electron chi connectivity index (χ2n) is 5.21. The van der Waals surface area contributed by atoms with Gasteiger partial charge in [0.15, 0.2) is 4.34 Å². The van der Waals surface area contributed by atoms with Crippen molar-refractivity contribution < 1.29 is 13.6 Å². The lowest BCUT2D eigenvalue weighted by Crippen LogP contribution is -2.23. The predicted octanol–water partition coefficient (Wildman–Crippen LogP) is 4.68. The number of carbonyl (C=O) groups is 1. The topological polar surface area (TPSA) is 66.9 Å². The highest BCUT2D eigenvalue weighted by molar-refractivity contribution is 8.02. The fourth-order valence-corrected chi connectivity index (χ4v) is 3.92. The Morgan fingerprint density at radius 3 is 2.46 bits per heavy atom. The zero-order valence-corrected chi connectivity index (χ0v) is 15.2. The molecule has 26 heavy (non-hydrogen) atoms. The Balaban J connectivity index is 1.61. The largest absolute Gasteiger partial charge is 0.330 e. The van der Waals surface area contributed by atoms with E-state index in [0.29, 0.717) is 9.47 Å². The molecule has 5 nitrogen and oxygen atoms in total. The highest BCUT2D eigenvalue weighted by atomic mass is 32.2. The van der Waals surface area contributed by atoms with Gasteiger partial charge < -0.3 is 10.6 Å². The number of nitrogens with one attached hydrogen (secondary N) is 2. The van der Waals surface area contributed by atoms with Gasteiger partial charge >= 0.3 is 0 Å². The smallest absolute Gasteiger partial charge is 0.237 e. The molecule has 9 heteroatoms. The minimum Gasteiger partial charge on any atom is -0.330 e. The van der Waals surface area contributed by atoms with Crippen molar-refractivity contribution in [3.63, 3.8) is 0 Å². The number of anilines is 3. The number of amides is 1. The number of nitrogens with zero attached hydrogens (tertiary/aromatic N) is 2. The van der Waals surface area contributed by atoms with E-state index in [9.17, 15) is 13.6 Å². The molecule has 134 valence electrons. The maximum absolute atomic E-state index is 13.6. The van der Waals surface area contributed by atoms with Crippen molar-refractivity contribution in [2.45, 2.75) is 16.5 Å². The summed E-state index contributed by atoms with van der Waals surface area (Å²) < 4.78 is 27.8. The Bertz CT molecular complexity index is 885. The third kappa shape index (κ3) is 4.55. The van der Waals surface area contributed by atoms with E-state index in [2.05, 4.69) is 20.8 Å². The second kappa shape index (κ2) is 8.24. The van der Waals surface area contributed by atoms with Gasteiger partial charge in [0.25, 0.3) is 0 Å². The Kier molecular flexibility index (Phi) is 5.79. The Morgan fingerprint density at radius 1 is 1.08 bits per heavy atom. The average molecular weight is 392 g/mol. The molecular weight excluding hydrogens is 378 g/mol. The van der Waals surface area contributed by atoms with Crippen LogP contribution in [0, 0.1) is 11.6 Å². The normalized spacial score (nSPS) is 11.8. The number of hydrogen-bond acceptors (Lipinski definition) is 6. The molecule has 0 aliphatic carbocycles. The SMILES string of the molecule is CC(Sc1nnc(Nc2ccccc2)s1)C(=O)Nc1c(F)cccc1F. The summed E-state index contributed by atoms with van der Waals surface area (Å²) in [4.78, 5) is 12.2. The fraction of sp³-hybridized carbons (Fsp3) is 0.118. The summed E-state index contributed by atoms with van der Waals surface area (Å²) >= 11 is 2.45. The van der Waals surface area contributed by atoms with Gasteiger partial charge in [-0.2, -0.15) is 0 Å². The molecule has 0 saturated carbocycles. The highest BCUT2D eigenvalue weighted by Crippen LogP contribution is 2.31. The maximum Gasteiger partial charge on any atom is 0.237 e. The maximum atomic E-state index is 13.6. The van der Waals surface area contributed by atoms with E-state index in [4.69, 9.17) is 0 Å². The monoisotopic (exact) mass is 392 g/mol. The van der Waals surface area contributed by atoms with Crippen LogP contribution in [0.5, 0.6) is 0 Å². The van der Waals surface area contributed by atoms with Crippen molar-refractivity contribution in [1.82, 2.24) is 10.2 Å². The fourth-order valence-electron chi connectivity index (χ4n) is 2.00. The van der Waals surface area contributed by atoms with Gasteiger partial charge in [0.2, 0.25) is 11.0 Å². The summed E-state index contributed by atoms with van der Waals surface area (Å²) in [5.74, 6) is -2.16. The summed E-state index contributed by atoms with van der Waals surface area (Å²) in [5, 5.41) is 13.4. The van der Waals surface area contributed by atoms with Gasteiger partial charge in [-0.1, -0.05) is 47.4 Å². The van der Waals surface area contributed by atoms with E-state index in [1.165, 1.54) is 17.4 Å². The lowest BCUT2D eigenvalue weighted by molar-refractivity contribution is -0.115. The van der Waals surface area contributed by atoms with Crippen LogP contribution >= 0.6 is 23.1 Å². The number of para-hydroxylation sites is 2. The van der Waals surface area contributed by atoms with Crippen molar-refractivity contribution in [2.75, 3.05) is 10.6 Å². The third-order valence-corrected chi connectivity index (χ3v) is 5.31. The molecule has 1 amide bonds. The third-order valence-electron chi connectivity index (χ3n) is 3.29. The number of benzene rings is 2. The van der Waals surface area contributed by atoms with Crippen LogP contribution in [0.3, 0.4) is 0 Å². The van der Waals surface area contributed by atoms with E-state index in [0.717, 1.165) is 29.6 Å². The van der Waals surface area contributed by atoms with Crippen molar-refractivity contribution >= 4 is 45.5 Å². The van der Waals surface area contributed by atoms with E-state index < -0.39 is 28.5 Å². The lowest BCUT2D eigenvalue weighted by atomic mass is 10.3. The Hall–Kier alpha value is -2.52. The molecule has 1 heterocycles. The quantitative estimate of drug-likeness (QED) is 0.596. The molecule has 0 spiro atoms. The van der Waals surface area contributed by atoms with Gasteiger partial charge in [-0.25, -0.2) is 8.78 Å². The van der Waals surface area contributed by atoms with Gasteiger partial charge in [-0.05, 0) is 31.2 Å². The summed E-state index contributed by atoms with van der Waals surface area (Å²) in [6.45, 7) is 1.63. The van der Waals surface area contributed by atoms with Crippen LogP contribution in [-0.2, 0) is 4.79 Å².